The normalized spacial score (nSPS) is 24.5. The second-order valence-electron chi connectivity index (χ2n) is 4.39. The van der Waals surface area contributed by atoms with Crippen LogP contribution in [0.3, 0.4) is 0 Å². The summed E-state index contributed by atoms with van der Waals surface area (Å²) in [6.45, 7) is 2.72. The van der Waals surface area contributed by atoms with Crippen LogP contribution in [-0.2, 0) is 11.3 Å². The van der Waals surface area contributed by atoms with E-state index < -0.39 is 0 Å². The van der Waals surface area contributed by atoms with Gasteiger partial charge in [0.15, 0.2) is 0 Å². The lowest BCUT2D eigenvalue weighted by Crippen LogP contribution is -2.31. The first-order valence-electron chi connectivity index (χ1n) is 5.57. The first-order valence-corrected chi connectivity index (χ1v) is 5.57. The number of ether oxygens (including phenoxy) is 1. The van der Waals surface area contributed by atoms with Crippen LogP contribution in [0.2, 0.25) is 0 Å². The standard InChI is InChI=1S/C12H16N2O/c13-10-3-4-12-9(6-10)7-15-8-11-2-1-5-14(11)12/h3-4,6,11H,1-2,5,7-8,13H2. The number of rotatable bonds is 0. The van der Waals surface area contributed by atoms with E-state index in [0.717, 1.165) is 18.8 Å². The van der Waals surface area contributed by atoms with Crippen LogP contribution in [0.25, 0.3) is 0 Å². The van der Waals surface area contributed by atoms with Crippen molar-refractivity contribution in [2.45, 2.75) is 25.5 Å². The average Bonchev–Trinajstić information content (AvgIpc) is 2.61. The third-order valence-corrected chi connectivity index (χ3v) is 3.36. The summed E-state index contributed by atoms with van der Waals surface area (Å²) in [4.78, 5) is 2.47. The molecule has 3 heteroatoms. The number of hydrogen-bond donors (Lipinski definition) is 1. The second kappa shape index (κ2) is 3.42. The fourth-order valence-electron chi connectivity index (χ4n) is 2.63. The van der Waals surface area contributed by atoms with Crippen LogP contribution < -0.4 is 10.6 Å². The molecule has 1 saturated heterocycles. The maximum atomic E-state index is 5.80. The third kappa shape index (κ3) is 1.47. The number of anilines is 2. The molecule has 2 N–H and O–H groups in total. The zero-order valence-corrected chi connectivity index (χ0v) is 8.78. The number of nitrogens with zero attached hydrogens (tertiary/aromatic N) is 1. The Labute approximate surface area is 89.8 Å². The van der Waals surface area contributed by atoms with Crippen molar-refractivity contribution < 1.29 is 4.74 Å². The Bertz CT molecular complexity index is 378. The highest BCUT2D eigenvalue weighted by atomic mass is 16.5. The Morgan fingerprint density at radius 1 is 1.40 bits per heavy atom. The molecule has 3 nitrogen and oxygen atoms in total. The molecule has 1 aromatic carbocycles. The molecular formula is C12H16N2O. The molecule has 0 saturated carbocycles. The first kappa shape index (κ1) is 9.04. The zero-order valence-electron chi connectivity index (χ0n) is 8.78. The van der Waals surface area contributed by atoms with Gasteiger partial charge >= 0.3 is 0 Å². The van der Waals surface area contributed by atoms with Gasteiger partial charge in [-0.15, -0.1) is 0 Å². The fraction of sp³-hybridized carbons (Fsp3) is 0.500. The predicted molar refractivity (Wildman–Crippen MR) is 60.9 cm³/mol. The molecule has 3 rings (SSSR count). The SMILES string of the molecule is Nc1ccc2c(c1)COCC1CCCN21. The Morgan fingerprint density at radius 3 is 3.27 bits per heavy atom. The van der Waals surface area contributed by atoms with Crippen LogP contribution in [0.5, 0.6) is 0 Å². The van der Waals surface area contributed by atoms with Gasteiger partial charge in [-0.05, 0) is 31.0 Å². The summed E-state index contributed by atoms with van der Waals surface area (Å²) in [5, 5.41) is 0. The van der Waals surface area contributed by atoms with Crippen LogP contribution in [-0.4, -0.2) is 19.2 Å². The summed E-state index contributed by atoms with van der Waals surface area (Å²) in [5.74, 6) is 0. The van der Waals surface area contributed by atoms with E-state index in [-0.39, 0.29) is 0 Å². The minimum Gasteiger partial charge on any atom is -0.399 e. The minimum absolute atomic E-state index is 0.579. The monoisotopic (exact) mass is 204 g/mol. The average molecular weight is 204 g/mol. The molecular weight excluding hydrogens is 188 g/mol. The maximum Gasteiger partial charge on any atom is 0.0738 e. The van der Waals surface area contributed by atoms with Crippen LogP contribution in [0.4, 0.5) is 11.4 Å². The highest BCUT2D eigenvalue weighted by Gasteiger charge is 2.28. The number of nitrogen functional groups attached to an aromatic ring is 1. The molecule has 0 bridgehead atoms. The molecule has 2 aliphatic rings. The summed E-state index contributed by atoms with van der Waals surface area (Å²) in [5.41, 5.74) is 9.18. The van der Waals surface area contributed by atoms with Crippen molar-refractivity contribution in [1.29, 1.82) is 0 Å². The van der Waals surface area contributed by atoms with Crippen molar-refractivity contribution in [3.05, 3.63) is 23.8 Å². The lowest BCUT2D eigenvalue weighted by Gasteiger charge is -2.25. The molecule has 2 aliphatic heterocycles. The van der Waals surface area contributed by atoms with Gasteiger partial charge in [0, 0.05) is 23.5 Å². The molecule has 1 aromatic rings. The van der Waals surface area contributed by atoms with E-state index >= 15 is 0 Å². The van der Waals surface area contributed by atoms with Crippen molar-refractivity contribution in [3.63, 3.8) is 0 Å². The van der Waals surface area contributed by atoms with E-state index in [4.69, 9.17) is 10.5 Å². The molecule has 1 fully saturated rings. The van der Waals surface area contributed by atoms with Crippen molar-refractivity contribution in [2.24, 2.45) is 0 Å². The van der Waals surface area contributed by atoms with Gasteiger partial charge in [0.25, 0.3) is 0 Å². The Balaban J connectivity index is 2.05. The summed E-state index contributed by atoms with van der Waals surface area (Å²) in [6, 6.07) is 6.74. The van der Waals surface area contributed by atoms with Gasteiger partial charge in [-0.2, -0.15) is 0 Å². The molecule has 0 amide bonds. The van der Waals surface area contributed by atoms with Crippen LogP contribution in [0.1, 0.15) is 18.4 Å². The Hall–Kier alpha value is -1.22. The lowest BCUT2D eigenvalue weighted by molar-refractivity contribution is 0.114. The quantitative estimate of drug-likeness (QED) is 0.654. The number of hydrogen-bond acceptors (Lipinski definition) is 3. The predicted octanol–water partition coefficient (Wildman–Crippen LogP) is 1.77. The molecule has 0 aliphatic carbocycles. The molecule has 1 unspecified atom stereocenters. The van der Waals surface area contributed by atoms with Gasteiger partial charge in [0.2, 0.25) is 0 Å². The summed E-state index contributed by atoms with van der Waals surface area (Å²) in [7, 11) is 0. The highest BCUT2D eigenvalue weighted by molar-refractivity contribution is 5.61. The second-order valence-corrected chi connectivity index (χ2v) is 4.39. The first-order chi connectivity index (χ1) is 7.34. The van der Waals surface area contributed by atoms with E-state index in [0.29, 0.717) is 12.6 Å². The summed E-state index contributed by atoms with van der Waals surface area (Å²) >= 11 is 0. The van der Waals surface area contributed by atoms with Crippen LogP contribution in [0, 0.1) is 0 Å². The van der Waals surface area contributed by atoms with E-state index in [2.05, 4.69) is 11.0 Å². The van der Waals surface area contributed by atoms with Crippen LogP contribution >= 0.6 is 0 Å². The molecule has 0 radical (unpaired) electrons. The topological polar surface area (TPSA) is 38.5 Å². The smallest absolute Gasteiger partial charge is 0.0738 e. The third-order valence-electron chi connectivity index (χ3n) is 3.36. The zero-order chi connectivity index (χ0) is 10.3. The maximum absolute atomic E-state index is 5.80. The van der Waals surface area contributed by atoms with Crippen molar-refractivity contribution >= 4 is 11.4 Å². The molecule has 0 aromatic heterocycles. The van der Waals surface area contributed by atoms with E-state index in [9.17, 15) is 0 Å². The van der Waals surface area contributed by atoms with Gasteiger partial charge in [-0.1, -0.05) is 0 Å². The van der Waals surface area contributed by atoms with Gasteiger partial charge in [-0.3, -0.25) is 0 Å². The molecule has 1 atom stereocenters. The van der Waals surface area contributed by atoms with Crippen LogP contribution in [0.15, 0.2) is 18.2 Å². The summed E-state index contributed by atoms with van der Waals surface area (Å²) in [6.07, 6.45) is 2.53. The number of nitrogens with two attached hydrogens (primary N) is 1. The number of fused-ring (bicyclic) bond motifs is 3. The Kier molecular flexibility index (Phi) is 2.06. The molecule has 2 heterocycles. The van der Waals surface area contributed by atoms with E-state index in [1.807, 2.05) is 12.1 Å². The lowest BCUT2D eigenvalue weighted by atomic mass is 10.1. The largest absolute Gasteiger partial charge is 0.399 e. The van der Waals surface area contributed by atoms with E-state index in [1.54, 1.807) is 0 Å². The highest BCUT2D eigenvalue weighted by Crippen LogP contribution is 2.33. The van der Waals surface area contributed by atoms with Crippen molar-refractivity contribution in [2.75, 3.05) is 23.8 Å². The molecule has 80 valence electrons. The van der Waals surface area contributed by atoms with Gasteiger partial charge in [0.05, 0.1) is 19.3 Å². The van der Waals surface area contributed by atoms with Gasteiger partial charge < -0.3 is 15.4 Å². The van der Waals surface area contributed by atoms with Crippen molar-refractivity contribution in [1.82, 2.24) is 0 Å². The number of benzene rings is 1. The van der Waals surface area contributed by atoms with Gasteiger partial charge in [-0.25, -0.2) is 0 Å². The van der Waals surface area contributed by atoms with Gasteiger partial charge in [0.1, 0.15) is 0 Å². The summed E-state index contributed by atoms with van der Waals surface area (Å²) < 4.78 is 5.69. The molecule has 0 spiro atoms. The fourth-order valence-corrected chi connectivity index (χ4v) is 2.63. The minimum atomic E-state index is 0.579. The van der Waals surface area contributed by atoms with E-state index in [1.165, 1.54) is 24.1 Å². The van der Waals surface area contributed by atoms with Crippen molar-refractivity contribution in [3.8, 4) is 0 Å². The Morgan fingerprint density at radius 2 is 2.33 bits per heavy atom. The molecule has 15 heavy (non-hydrogen) atoms.